The van der Waals surface area contributed by atoms with Gasteiger partial charge in [-0.25, -0.2) is 0 Å². The standard InChI is InChI=1S/C13H20N2/c1-3-13(7-4-8-13)15-12-6-5-11(14)9-10(12)2/h5-6,9,15H,3-4,7-8,14H2,1-2H3. The fourth-order valence-corrected chi connectivity index (χ4v) is 2.28. The molecule has 0 saturated heterocycles. The third-order valence-corrected chi connectivity index (χ3v) is 3.64. The minimum Gasteiger partial charge on any atom is -0.399 e. The average Bonchev–Trinajstić information content (AvgIpc) is 2.14. The van der Waals surface area contributed by atoms with Crippen molar-refractivity contribution in [1.29, 1.82) is 0 Å². The first-order valence-electron chi connectivity index (χ1n) is 5.79. The van der Waals surface area contributed by atoms with Gasteiger partial charge in [0.25, 0.3) is 0 Å². The average molecular weight is 204 g/mol. The fourth-order valence-electron chi connectivity index (χ4n) is 2.28. The normalized spacial score (nSPS) is 18.3. The van der Waals surface area contributed by atoms with Crippen LogP contribution < -0.4 is 11.1 Å². The third kappa shape index (κ3) is 1.94. The Morgan fingerprint density at radius 1 is 1.40 bits per heavy atom. The molecule has 1 aliphatic rings. The molecule has 0 aromatic heterocycles. The van der Waals surface area contributed by atoms with Gasteiger partial charge in [0, 0.05) is 16.9 Å². The molecule has 0 heterocycles. The van der Waals surface area contributed by atoms with E-state index in [-0.39, 0.29) is 0 Å². The highest BCUT2D eigenvalue weighted by Gasteiger charge is 2.34. The van der Waals surface area contributed by atoms with E-state index < -0.39 is 0 Å². The van der Waals surface area contributed by atoms with Crippen molar-refractivity contribution in [1.82, 2.24) is 0 Å². The predicted octanol–water partition coefficient (Wildman–Crippen LogP) is 3.32. The van der Waals surface area contributed by atoms with E-state index in [0.717, 1.165) is 5.69 Å². The summed E-state index contributed by atoms with van der Waals surface area (Å²) in [7, 11) is 0. The number of rotatable bonds is 3. The molecule has 1 aliphatic carbocycles. The van der Waals surface area contributed by atoms with Crippen LogP contribution in [0.1, 0.15) is 38.2 Å². The number of hydrogen-bond acceptors (Lipinski definition) is 2. The van der Waals surface area contributed by atoms with Gasteiger partial charge in [0.15, 0.2) is 0 Å². The van der Waals surface area contributed by atoms with Crippen LogP contribution in [-0.4, -0.2) is 5.54 Å². The van der Waals surface area contributed by atoms with Crippen molar-refractivity contribution >= 4 is 11.4 Å². The van der Waals surface area contributed by atoms with Crippen molar-refractivity contribution in [3.8, 4) is 0 Å². The zero-order chi connectivity index (χ0) is 10.9. The maximum absolute atomic E-state index is 5.74. The Hall–Kier alpha value is -1.18. The maximum Gasteiger partial charge on any atom is 0.0375 e. The Kier molecular flexibility index (Phi) is 2.59. The van der Waals surface area contributed by atoms with Gasteiger partial charge in [-0.1, -0.05) is 6.92 Å². The van der Waals surface area contributed by atoms with Crippen molar-refractivity contribution in [2.24, 2.45) is 0 Å². The molecule has 2 rings (SSSR count). The molecule has 1 aromatic rings. The van der Waals surface area contributed by atoms with E-state index in [9.17, 15) is 0 Å². The summed E-state index contributed by atoms with van der Waals surface area (Å²) in [6.07, 6.45) is 5.16. The van der Waals surface area contributed by atoms with Crippen molar-refractivity contribution < 1.29 is 0 Å². The van der Waals surface area contributed by atoms with Crippen molar-refractivity contribution in [2.75, 3.05) is 11.1 Å². The van der Waals surface area contributed by atoms with Crippen LogP contribution in [0.5, 0.6) is 0 Å². The summed E-state index contributed by atoms with van der Waals surface area (Å²) in [6, 6.07) is 6.10. The second-order valence-corrected chi connectivity index (χ2v) is 4.69. The van der Waals surface area contributed by atoms with Gasteiger partial charge in [0.2, 0.25) is 0 Å². The summed E-state index contributed by atoms with van der Waals surface area (Å²) in [4.78, 5) is 0. The summed E-state index contributed by atoms with van der Waals surface area (Å²) < 4.78 is 0. The van der Waals surface area contributed by atoms with Gasteiger partial charge in [0.1, 0.15) is 0 Å². The second-order valence-electron chi connectivity index (χ2n) is 4.69. The van der Waals surface area contributed by atoms with Crippen LogP contribution in [0.15, 0.2) is 18.2 Å². The first-order chi connectivity index (χ1) is 7.15. The molecule has 0 aliphatic heterocycles. The molecule has 82 valence electrons. The summed E-state index contributed by atoms with van der Waals surface area (Å²) in [5, 5.41) is 3.68. The van der Waals surface area contributed by atoms with Crippen molar-refractivity contribution in [3.63, 3.8) is 0 Å². The van der Waals surface area contributed by atoms with E-state index in [1.807, 2.05) is 12.1 Å². The molecule has 3 N–H and O–H groups in total. The molecular formula is C13H20N2. The predicted molar refractivity (Wildman–Crippen MR) is 66.1 cm³/mol. The molecule has 0 amide bonds. The number of nitrogens with two attached hydrogens (primary N) is 1. The Bertz CT molecular complexity index is 348. The zero-order valence-corrected chi connectivity index (χ0v) is 9.64. The topological polar surface area (TPSA) is 38.0 Å². The molecule has 0 bridgehead atoms. The molecule has 2 nitrogen and oxygen atoms in total. The lowest BCUT2D eigenvalue weighted by Gasteiger charge is -2.43. The van der Waals surface area contributed by atoms with Crippen LogP contribution in [0.25, 0.3) is 0 Å². The van der Waals surface area contributed by atoms with Gasteiger partial charge in [-0.15, -0.1) is 0 Å². The largest absolute Gasteiger partial charge is 0.399 e. The summed E-state index contributed by atoms with van der Waals surface area (Å²) in [5.41, 5.74) is 9.44. The number of anilines is 2. The molecule has 1 saturated carbocycles. The van der Waals surface area contributed by atoms with E-state index in [1.165, 1.54) is 36.9 Å². The van der Waals surface area contributed by atoms with Gasteiger partial charge in [-0.3, -0.25) is 0 Å². The highest BCUT2D eigenvalue weighted by Crippen LogP contribution is 2.38. The van der Waals surface area contributed by atoms with Crippen LogP contribution in [0.4, 0.5) is 11.4 Å². The lowest BCUT2D eigenvalue weighted by Crippen LogP contribution is -2.44. The molecule has 2 heteroatoms. The van der Waals surface area contributed by atoms with E-state index in [0.29, 0.717) is 5.54 Å². The van der Waals surface area contributed by atoms with E-state index >= 15 is 0 Å². The summed E-state index contributed by atoms with van der Waals surface area (Å²) in [6.45, 7) is 4.37. The van der Waals surface area contributed by atoms with Gasteiger partial charge in [-0.05, 0) is 56.4 Å². The molecule has 15 heavy (non-hydrogen) atoms. The van der Waals surface area contributed by atoms with Gasteiger partial charge in [0.05, 0.1) is 0 Å². The van der Waals surface area contributed by atoms with E-state index in [1.54, 1.807) is 0 Å². The third-order valence-electron chi connectivity index (χ3n) is 3.64. The molecular weight excluding hydrogens is 184 g/mol. The first-order valence-corrected chi connectivity index (χ1v) is 5.79. The number of hydrogen-bond donors (Lipinski definition) is 2. The Morgan fingerprint density at radius 3 is 2.60 bits per heavy atom. The monoisotopic (exact) mass is 204 g/mol. The highest BCUT2D eigenvalue weighted by molar-refractivity contribution is 5.58. The summed E-state index contributed by atoms with van der Waals surface area (Å²) >= 11 is 0. The number of nitrogen functional groups attached to an aromatic ring is 1. The molecule has 0 radical (unpaired) electrons. The lowest BCUT2D eigenvalue weighted by molar-refractivity contribution is 0.269. The van der Waals surface area contributed by atoms with Crippen LogP contribution in [0, 0.1) is 6.92 Å². The van der Waals surface area contributed by atoms with E-state index in [4.69, 9.17) is 5.73 Å². The first kappa shape index (κ1) is 10.3. The molecule has 0 atom stereocenters. The van der Waals surface area contributed by atoms with Gasteiger partial charge >= 0.3 is 0 Å². The maximum atomic E-state index is 5.74. The lowest BCUT2D eigenvalue weighted by atomic mass is 9.74. The summed E-state index contributed by atoms with van der Waals surface area (Å²) in [5.74, 6) is 0. The van der Waals surface area contributed by atoms with Crippen molar-refractivity contribution in [2.45, 2.75) is 45.1 Å². The Labute approximate surface area is 91.9 Å². The minimum absolute atomic E-state index is 0.362. The Morgan fingerprint density at radius 2 is 2.13 bits per heavy atom. The molecule has 0 spiro atoms. The van der Waals surface area contributed by atoms with Crippen LogP contribution in [0.3, 0.4) is 0 Å². The molecule has 0 unspecified atom stereocenters. The molecule has 1 aromatic carbocycles. The number of benzene rings is 1. The fraction of sp³-hybridized carbons (Fsp3) is 0.538. The SMILES string of the molecule is CCC1(Nc2ccc(N)cc2C)CCC1. The quantitative estimate of drug-likeness (QED) is 0.741. The van der Waals surface area contributed by atoms with Gasteiger partial charge < -0.3 is 11.1 Å². The zero-order valence-electron chi connectivity index (χ0n) is 9.64. The number of aryl methyl sites for hydroxylation is 1. The van der Waals surface area contributed by atoms with Crippen LogP contribution >= 0.6 is 0 Å². The van der Waals surface area contributed by atoms with Gasteiger partial charge in [-0.2, -0.15) is 0 Å². The Balaban J connectivity index is 2.16. The smallest absolute Gasteiger partial charge is 0.0375 e. The van der Waals surface area contributed by atoms with Crippen LogP contribution in [-0.2, 0) is 0 Å². The minimum atomic E-state index is 0.362. The second kappa shape index (κ2) is 3.76. The van der Waals surface area contributed by atoms with Crippen molar-refractivity contribution in [3.05, 3.63) is 23.8 Å². The highest BCUT2D eigenvalue weighted by atomic mass is 15.0. The van der Waals surface area contributed by atoms with E-state index in [2.05, 4.69) is 25.2 Å². The molecule has 1 fully saturated rings. The van der Waals surface area contributed by atoms with Crippen LogP contribution in [0.2, 0.25) is 0 Å². The number of nitrogens with one attached hydrogen (secondary N) is 1.